The van der Waals surface area contributed by atoms with Crippen LogP contribution in [0.15, 0.2) is 18.2 Å². The Kier molecular flexibility index (Phi) is 5.78. The second-order valence-electron chi connectivity index (χ2n) is 4.50. The minimum absolute atomic E-state index is 0.0691. The maximum Gasteiger partial charge on any atom is 0.0804 e. The van der Waals surface area contributed by atoms with Gasteiger partial charge in [0.25, 0.3) is 0 Å². The van der Waals surface area contributed by atoms with E-state index in [1.54, 1.807) is 0 Å². The first-order chi connectivity index (χ1) is 9.67. The Morgan fingerprint density at radius 2 is 2.05 bits per heavy atom. The molecule has 108 valence electrons. The summed E-state index contributed by atoms with van der Waals surface area (Å²) in [7, 11) is 0. The minimum Gasteiger partial charge on any atom is -0.305 e. The molecule has 0 aliphatic heterocycles. The van der Waals surface area contributed by atoms with Crippen LogP contribution in [0.1, 0.15) is 42.4 Å². The van der Waals surface area contributed by atoms with Crippen molar-refractivity contribution in [2.45, 2.75) is 32.7 Å². The van der Waals surface area contributed by atoms with E-state index in [-0.39, 0.29) is 6.04 Å². The van der Waals surface area contributed by atoms with Gasteiger partial charge in [-0.3, -0.25) is 0 Å². The fraction of sp³-hybridized carbons (Fsp3) is 0.429. The fourth-order valence-electron chi connectivity index (χ4n) is 2.02. The molecular weight excluding hydrogens is 313 g/mol. The molecule has 2 aromatic rings. The van der Waals surface area contributed by atoms with E-state index in [1.165, 1.54) is 11.5 Å². The molecular formula is C14H17Cl2N3S. The maximum absolute atomic E-state index is 6.14. The lowest BCUT2D eigenvalue weighted by Gasteiger charge is -2.18. The predicted octanol–water partition coefficient (Wildman–Crippen LogP) is 4.50. The second kappa shape index (κ2) is 7.36. The predicted molar refractivity (Wildman–Crippen MR) is 85.9 cm³/mol. The summed E-state index contributed by atoms with van der Waals surface area (Å²) in [5.41, 5.74) is 2.13. The Morgan fingerprint density at radius 1 is 1.25 bits per heavy atom. The summed E-state index contributed by atoms with van der Waals surface area (Å²) < 4.78 is 4.08. The van der Waals surface area contributed by atoms with E-state index in [0.29, 0.717) is 10.0 Å². The van der Waals surface area contributed by atoms with Crippen LogP contribution < -0.4 is 5.32 Å². The molecule has 1 aromatic heterocycles. The van der Waals surface area contributed by atoms with Gasteiger partial charge >= 0.3 is 0 Å². The monoisotopic (exact) mass is 329 g/mol. The standard InChI is InChI=1S/C14H17Cl2N3S/c1-3-7-17-13(14-12(4-2)18-19-20-14)9-5-6-10(15)11(16)8-9/h5-6,8,13,17H,3-4,7H2,1-2H3. The van der Waals surface area contributed by atoms with E-state index in [9.17, 15) is 0 Å². The van der Waals surface area contributed by atoms with Gasteiger partial charge in [-0.05, 0) is 48.6 Å². The highest BCUT2D eigenvalue weighted by molar-refractivity contribution is 7.05. The number of nitrogens with zero attached hydrogens (tertiary/aromatic N) is 2. The van der Waals surface area contributed by atoms with Crippen LogP contribution in [0.2, 0.25) is 10.0 Å². The lowest BCUT2D eigenvalue weighted by atomic mass is 10.0. The molecule has 20 heavy (non-hydrogen) atoms. The molecule has 0 bridgehead atoms. The SMILES string of the molecule is CCCNC(c1ccc(Cl)c(Cl)c1)c1snnc1CC. The van der Waals surface area contributed by atoms with E-state index in [4.69, 9.17) is 23.2 Å². The molecule has 0 spiro atoms. The normalized spacial score (nSPS) is 12.6. The molecule has 1 heterocycles. The zero-order chi connectivity index (χ0) is 14.5. The van der Waals surface area contributed by atoms with Crippen molar-refractivity contribution >= 4 is 34.7 Å². The number of hydrogen-bond acceptors (Lipinski definition) is 4. The van der Waals surface area contributed by atoms with E-state index in [0.717, 1.165) is 35.5 Å². The van der Waals surface area contributed by atoms with Gasteiger partial charge in [0, 0.05) is 0 Å². The van der Waals surface area contributed by atoms with Gasteiger partial charge in [-0.15, -0.1) is 5.10 Å². The fourth-order valence-corrected chi connectivity index (χ4v) is 3.17. The van der Waals surface area contributed by atoms with Crippen LogP contribution >= 0.6 is 34.7 Å². The molecule has 1 unspecified atom stereocenters. The molecule has 2 rings (SSSR count). The van der Waals surface area contributed by atoms with Gasteiger partial charge in [-0.25, -0.2) is 0 Å². The molecule has 1 N–H and O–H groups in total. The molecule has 0 saturated heterocycles. The third-order valence-corrected chi connectivity index (χ3v) is 4.63. The summed E-state index contributed by atoms with van der Waals surface area (Å²) in [6.45, 7) is 5.16. The van der Waals surface area contributed by atoms with Crippen LogP contribution in [0.4, 0.5) is 0 Å². The van der Waals surface area contributed by atoms with Crippen molar-refractivity contribution in [2.75, 3.05) is 6.54 Å². The first kappa shape index (κ1) is 15.7. The largest absolute Gasteiger partial charge is 0.305 e. The summed E-state index contributed by atoms with van der Waals surface area (Å²) in [4.78, 5) is 1.15. The van der Waals surface area contributed by atoms with Crippen molar-refractivity contribution in [1.29, 1.82) is 0 Å². The number of aryl methyl sites for hydroxylation is 1. The van der Waals surface area contributed by atoms with Crippen LogP contribution in [-0.4, -0.2) is 16.1 Å². The van der Waals surface area contributed by atoms with Crippen molar-refractivity contribution < 1.29 is 0 Å². The second-order valence-corrected chi connectivity index (χ2v) is 6.10. The number of aromatic nitrogens is 2. The van der Waals surface area contributed by atoms with Gasteiger partial charge in [-0.2, -0.15) is 0 Å². The van der Waals surface area contributed by atoms with Gasteiger partial charge in [0.05, 0.1) is 26.7 Å². The number of hydrogen-bond donors (Lipinski definition) is 1. The van der Waals surface area contributed by atoms with Crippen molar-refractivity contribution in [3.63, 3.8) is 0 Å². The van der Waals surface area contributed by atoms with Gasteiger partial charge in [0.1, 0.15) is 0 Å². The van der Waals surface area contributed by atoms with E-state index >= 15 is 0 Å². The average Bonchev–Trinajstić information content (AvgIpc) is 2.91. The molecule has 0 radical (unpaired) electrons. The van der Waals surface area contributed by atoms with Gasteiger partial charge in [0.2, 0.25) is 0 Å². The molecule has 0 amide bonds. The third-order valence-electron chi connectivity index (χ3n) is 3.06. The minimum atomic E-state index is 0.0691. The van der Waals surface area contributed by atoms with Crippen LogP contribution in [0.3, 0.4) is 0 Å². The Hall–Kier alpha value is -0.680. The van der Waals surface area contributed by atoms with Crippen molar-refractivity contribution in [3.8, 4) is 0 Å². The van der Waals surface area contributed by atoms with Crippen molar-refractivity contribution in [3.05, 3.63) is 44.4 Å². The van der Waals surface area contributed by atoms with E-state index in [1.807, 2.05) is 18.2 Å². The molecule has 0 aliphatic rings. The topological polar surface area (TPSA) is 37.8 Å². The quantitative estimate of drug-likeness (QED) is 0.848. The molecule has 6 heteroatoms. The zero-order valence-electron chi connectivity index (χ0n) is 11.5. The highest BCUT2D eigenvalue weighted by atomic mass is 35.5. The summed E-state index contributed by atoms with van der Waals surface area (Å²) in [6.07, 6.45) is 1.93. The van der Waals surface area contributed by atoms with E-state index < -0.39 is 0 Å². The van der Waals surface area contributed by atoms with Gasteiger partial charge < -0.3 is 5.32 Å². The Bertz CT molecular complexity index is 571. The Morgan fingerprint density at radius 3 is 2.70 bits per heavy atom. The summed E-state index contributed by atoms with van der Waals surface area (Å²) in [6, 6.07) is 5.82. The molecule has 1 aromatic carbocycles. The Labute approximate surface area is 133 Å². The summed E-state index contributed by atoms with van der Waals surface area (Å²) >= 11 is 13.6. The summed E-state index contributed by atoms with van der Waals surface area (Å²) in [5.74, 6) is 0. The first-order valence-corrected chi connectivity index (χ1v) is 8.19. The number of rotatable bonds is 6. The molecule has 0 aliphatic carbocycles. The molecule has 3 nitrogen and oxygen atoms in total. The number of nitrogens with one attached hydrogen (secondary N) is 1. The molecule has 1 atom stereocenters. The Balaban J connectivity index is 2.38. The van der Waals surface area contributed by atoms with Gasteiger partial charge in [-0.1, -0.05) is 47.6 Å². The van der Waals surface area contributed by atoms with Crippen LogP contribution in [-0.2, 0) is 6.42 Å². The van der Waals surface area contributed by atoms with Crippen LogP contribution in [0.25, 0.3) is 0 Å². The highest BCUT2D eigenvalue weighted by Gasteiger charge is 2.20. The number of benzene rings is 1. The molecule has 0 fully saturated rings. The lowest BCUT2D eigenvalue weighted by molar-refractivity contribution is 0.601. The smallest absolute Gasteiger partial charge is 0.0804 e. The highest BCUT2D eigenvalue weighted by Crippen LogP contribution is 2.31. The van der Waals surface area contributed by atoms with E-state index in [2.05, 4.69) is 28.8 Å². The maximum atomic E-state index is 6.14. The summed E-state index contributed by atoms with van der Waals surface area (Å²) in [5, 5.41) is 8.88. The van der Waals surface area contributed by atoms with Crippen molar-refractivity contribution in [1.82, 2.24) is 14.9 Å². The van der Waals surface area contributed by atoms with Gasteiger partial charge in [0.15, 0.2) is 0 Å². The zero-order valence-corrected chi connectivity index (χ0v) is 13.8. The molecule has 0 saturated carbocycles. The van der Waals surface area contributed by atoms with Crippen molar-refractivity contribution in [2.24, 2.45) is 0 Å². The van der Waals surface area contributed by atoms with Crippen LogP contribution in [0, 0.1) is 0 Å². The third kappa shape index (κ3) is 3.50. The average molecular weight is 330 g/mol. The lowest BCUT2D eigenvalue weighted by Crippen LogP contribution is -2.23. The number of halogens is 2. The van der Waals surface area contributed by atoms with Crippen LogP contribution in [0.5, 0.6) is 0 Å². The first-order valence-electron chi connectivity index (χ1n) is 6.66.